The van der Waals surface area contributed by atoms with E-state index in [1.807, 2.05) is 0 Å². The van der Waals surface area contributed by atoms with Crippen molar-refractivity contribution in [2.45, 2.75) is 0 Å². The van der Waals surface area contributed by atoms with Gasteiger partial charge in [0.05, 0.1) is 10.6 Å². The number of nitrogens with one attached hydrogen (secondary N) is 1. The number of pyridine rings is 1. The first-order chi connectivity index (χ1) is 9.58. The first-order valence-electron chi connectivity index (χ1n) is 5.69. The molecule has 0 atom stereocenters. The number of rotatable bonds is 2. The summed E-state index contributed by atoms with van der Waals surface area (Å²) in [5.41, 5.74) is 0.371. The van der Waals surface area contributed by atoms with Crippen LogP contribution in [0.1, 0.15) is 15.9 Å². The molecule has 0 aliphatic rings. The number of hydrogen-bond acceptors (Lipinski definition) is 2. The van der Waals surface area contributed by atoms with Crippen molar-refractivity contribution >= 4 is 28.4 Å². The molecule has 0 amide bonds. The van der Waals surface area contributed by atoms with E-state index in [1.54, 1.807) is 18.3 Å². The van der Waals surface area contributed by atoms with Gasteiger partial charge in [-0.3, -0.25) is 4.79 Å². The van der Waals surface area contributed by atoms with E-state index < -0.39 is 17.4 Å². The summed E-state index contributed by atoms with van der Waals surface area (Å²) in [7, 11) is 0. The fourth-order valence-corrected chi connectivity index (χ4v) is 2.14. The van der Waals surface area contributed by atoms with Crippen LogP contribution in [0.25, 0.3) is 11.0 Å². The maximum atomic E-state index is 13.8. The van der Waals surface area contributed by atoms with Crippen molar-refractivity contribution in [3.8, 4) is 0 Å². The fourth-order valence-electron chi connectivity index (χ4n) is 1.99. The van der Waals surface area contributed by atoms with Crippen LogP contribution < -0.4 is 0 Å². The predicted molar refractivity (Wildman–Crippen MR) is 70.9 cm³/mol. The molecule has 0 saturated carbocycles. The minimum Gasteiger partial charge on any atom is -0.345 e. The molecule has 1 N–H and O–H groups in total. The number of carbonyl (C=O) groups is 1. The van der Waals surface area contributed by atoms with Crippen molar-refractivity contribution in [2.75, 3.05) is 0 Å². The summed E-state index contributed by atoms with van der Waals surface area (Å²) < 4.78 is 27.2. The van der Waals surface area contributed by atoms with Crippen molar-refractivity contribution in [3.63, 3.8) is 0 Å². The van der Waals surface area contributed by atoms with Gasteiger partial charge in [-0.25, -0.2) is 13.8 Å². The van der Waals surface area contributed by atoms with Crippen LogP contribution in [0, 0.1) is 11.6 Å². The lowest BCUT2D eigenvalue weighted by molar-refractivity contribution is 0.103. The molecule has 0 aliphatic heterocycles. The molecule has 0 radical (unpaired) electrons. The smallest absolute Gasteiger partial charge is 0.198 e. The highest BCUT2D eigenvalue weighted by atomic mass is 35.5. The van der Waals surface area contributed by atoms with Gasteiger partial charge in [0, 0.05) is 23.3 Å². The number of fused-ring (bicyclic) bond motifs is 1. The number of H-pyrrole nitrogens is 1. The summed E-state index contributed by atoms with van der Waals surface area (Å²) in [6, 6.07) is 4.93. The van der Waals surface area contributed by atoms with Gasteiger partial charge in [0.1, 0.15) is 17.3 Å². The van der Waals surface area contributed by atoms with E-state index in [9.17, 15) is 13.6 Å². The Morgan fingerprint density at radius 1 is 1.20 bits per heavy atom. The summed E-state index contributed by atoms with van der Waals surface area (Å²) in [6.45, 7) is 0. The average Bonchev–Trinajstić information content (AvgIpc) is 2.86. The minimum atomic E-state index is -0.861. The Kier molecular flexibility index (Phi) is 2.99. The standard InChI is InChI=1S/C14H7ClF2N2O/c15-10-5-11(16)8(4-12(10)17)13(20)9-6-19-14-7(9)2-1-3-18-14/h1-6H,(H,18,19). The summed E-state index contributed by atoms with van der Waals surface area (Å²) in [5, 5.41) is 0.187. The molecular weight excluding hydrogens is 286 g/mol. The van der Waals surface area contributed by atoms with Crippen molar-refractivity contribution in [1.82, 2.24) is 9.97 Å². The second-order valence-electron chi connectivity index (χ2n) is 4.18. The Labute approximate surface area is 117 Å². The highest BCUT2D eigenvalue weighted by Crippen LogP contribution is 2.24. The van der Waals surface area contributed by atoms with E-state index in [-0.39, 0.29) is 16.1 Å². The summed E-state index contributed by atoms with van der Waals surface area (Å²) in [5.74, 6) is -2.33. The van der Waals surface area contributed by atoms with Gasteiger partial charge in [0.15, 0.2) is 5.78 Å². The number of carbonyl (C=O) groups excluding carboxylic acids is 1. The third kappa shape index (κ3) is 1.96. The Balaban J connectivity index is 2.16. The molecule has 0 aliphatic carbocycles. The van der Waals surface area contributed by atoms with Crippen molar-refractivity contribution in [2.24, 2.45) is 0 Å². The molecule has 20 heavy (non-hydrogen) atoms. The summed E-state index contributed by atoms with van der Waals surface area (Å²) >= 11 is 5.47. The lowest BCUT2D eigenvalue weighted by Crippen LogP contribution is -2.04. The monoisotopic (exact) mass is 292 g/mol. The third-order valence-electron chi connectivity index (χ3n) is 2.95. The second-order valence-corrected chi connectivity index (χ2v) is 4.58. The van der Waals surface area contributed by atoms with Gasteiger partial charge < -0.3 is 4.98 Å². The van der Waals surface area contributed by atoms with E-state index in [1.165, 1.54) is 6.20 Å². The summed E-state index contributed by atoms with van der Waals surface area (Å²) in [4.78, 5) is 19.2. The van der Waals surface area contributed by atoms with Crippen LogP contribution in [-0.2, 0) is 0 Å². The third-order valence-corrected chi connectivity index (χ3v) is 3.24. The highest BCUT2D eigenvalue weighted by molar-refractivity contribution is 6.31. The molecule has 6 heteroatoms. The number of nitrogens with zero attached hydrogens (tertiary/aromatic N) is 1. The van der Waals surface area contributed by atoms with Gasteiger partial charge in [-0.15, -0.1) is 0 Å². The van der Waals surface area contributed by atoms with Gasteiger partial charge in [-0.1, -0.05) is 11.6 Å². The molecule has 2 heterocycles. The molecule has 0 unspecified atom stereocenters. The Morgan fingerprint density at radius 3 is 2.80 bits per heavy atom. The second kappa shape index (κ2) is 4.68. The topological polar surface area (TPSA) is 45.8 Å². The molecule has 0 bridgehead atoms. The first-order valence-corrected chi connectivity index (χ1v) is 6.07. The van der Waals surface area contributed by atoms with Crippen molar-refractivity contribution < 1.29 is 13.6 Å². The zero-order valence-electron chi connectivity index (χ0n) is 9.95. The van der Waals surface area contributed by atoms with Crippen LogP contribution in [0.15, 0.2) is 36.7 Å². The molecule has 1 aromatic carbocycles. The van der Waals surface area contributed by atoms with E-state index in [0.717, 1.165) is 12.1 Å². The number of hydrogen-bond donors (Lipinski definition) is 1. The van der Waals surface area contributed by atoms with Crippen molar-refractivity contribution in [1.29, 1.82) is 0 Å². The Morgan fingerprint density at radius 2 is 2.00 bits per heavy atom. The van der Waals surface area contributed by atoms with Gasteiger partial charge >= 0.3 is 0 Å². The predicted octanol–water partition coefficient (Wildman–Crippen LogP) is 3.73. The lowest BCUT2D eigenvalue weighted by atomic mass is 10.0. The number of halogens is 3. The number of aromatic amines is 1. The first kappa shape index (κ1) is 12.7. The largest absolute Gasteiger partial charge is 0.345 e. The molecule has 3 rings (SSSR count). The van der Waals surface area contributed by atoms with Crippen LogP contribution in [0.2, 0.25) is 5.02 Å². The van der Waals surface area contributed by atoms with Gasteiger partial charge in [-0.2, -0.15) is 0 Å². The number of aromatic nitrogens is 2. The van der Waals surface area contributed by atoms with Gasteiger partial charge in [-0.05, 0) is 24.3 Å². The summed E-state index contributed by atoms with van der Waals surface area (Å²) in [6.07, 6.45) is 2.99. The van der Waals surface area contributed by atoms with Crippen LogP contribution in [0.5, 0.6) is 0 Å². The fraction of sp³-hybridized carbons (Fsp3) is 0. The van der Waals surface area contributed by atoms with Crippen molar-refractivity contribution in [3.05, 3.63) is 64.4 Å². The minimum absolute atomic E-state index is 0.230. The van der Waals surface area contributed by atoms with E-state index in [0.29, 0.717) is 11.0 Å². The number of benzene rings is 1. The maximum Gasteiger partial charge on any atom is 0.198 e. The molecule has 0 saturated heterocycles. The number of ketones is 1. The molecule has 0 spiro atoms. The van der Waals surface area contributed by atoms with Crippen LogP contribution in [0.4, 0.5) is 8.78 Å². The highest BCUT2D eigenvalue weighted by Gasteiger charge is 2.20. The molecule has 2 aromatic heterocycles. The van der Waals surface area contributed by atoms with Crippen LogP contribution in [0.3, 0.4) is 0 Å². The van der Waals surface area contributed by atoms with Gasteiger partial charge in [0.2, 0.25) is 0 Å². The van der Waals surface area contributed by atoms with E-state index in [2.05, 4.69) is 9.97 Å². The lowest BCUT2D eigenvalue weighted by Gasteiger charge is -2.03. The van der Waals surface area contributed by atoms with E-state index in [4.69, 9.17) is 11.6 Å². The van der Waals surface area contributed by atoms with Gasteiger partial charge in [0.25, 0.3) is 0 Å². The average molecular weight is 293 g/mol. The van der Waals surface area contributed by atoms with E-state index >= 15 is 0 Å². The SMILES string of the molecule is O=C(c1cc(F)c(Cl)cc1F)c1c[nH]c2ncccc12. The zero-order valence-corrected chi connectivity index (χ0v) is 10.7. The molecule has 3 nitrogen and oxygen atoms in total. The maximum absolute atomic E-state index is 13.8. The molecular formula is C14H7ClF2N2O. The quantitative estimate of drug-likeness (QED) is 0.578. The Hall–Kier alpha value is -2.27. The van der Waals surface area contributed by atoms with Crippen LogP contribution in [-0.4, -0.2) is 15.8 Å². The van der Waals surface area contributed by atoms with Crippen LogP contribution >= 0.6 is 11.6 Å². The normalized spacial score (nSPS) is 10.9. The Bertz CT molecular complexity index is 829. The molecule has 100 valence electrons. The molecule has 0 fully saturated rings. The molecule has 3 aromatic rings. The zero-order chi connectivity index (χ0) is 14.3.